The minimum absolute atomic E-state index is 0.0952. The van der Waals surface area contributed by atoms with Crippen LogP contribution in [0.4, 0.5) is 27.8 Å². The highest BCUT2D eigenvalue weighted by Crippen LogP contribution is 2.46. The summed E-state index contributed by atoms with van der Waals surface area (Å²) < 4.78 is 96.2. The standard InChI is InChI=1S/C28H23ClF5N5O3S2/c29-23-8-9-25(43-23)44(41,42)39(16-27(30,31)13-22(39)26(35)40)15-17-11-21(18-4-6-19(7-5-18)28(32,33)34)38-24(12-17)37-14-20-3-1-2-10-36-20/h1-12,22H,13-16H2,(H2-,35,37,38,40)/p+1/t22-,39?/m0/s1. The molecular formula is C28H24ClF5N5O3S2+. The van der Waals surface area contributed by atoms with Gasteiger partial charge < -0.3 is 11.1 Å². The van der Waals surface area contributed by atoms with Gasteiger partial charge in [-0.15, -0.1) is 11.3 Å². The van der Waals surface area contributed by atoms with Gasteiger partial charge in [-0.3, -0.25) is 9.78 Å². The predicted octanol–water partition coefficient (Wildman–Crippen LogP) is 6.09. The summed E-state index contributed by atoms with van der Waals surface area (Å²) >= 11 is 6.64. The third-order valence-electron chi connectivity index (χ3n) is 7.19. The Kier molecular flexibility index (Phi) is 8.44. The Labute approximate surface area is 258 Å². The Bertz CT molecular complexity index is 1790. The van der Waals surface area contributed by atoms with Crippen LogP contribution in [0, 0.1) is 0 Å². The fraction of sp³-hybridized carbons (Fsp3) is 0.250. The van der Waals surface area contributed by atoms with E-state index in [1.54, 1.807) is 24.4 Å². The first kappa shape index (κ1) is 31.8. The van der Waals surface area contributed by atoms with E-state index in [-0.39, 0.29) is 37.7 Å². The van der Waals surface area contributed by atoms with Crippen LogP contribution in [0.1, 0.15) is 23.2 Å². The number of halogens is 6. The number of quaternary nitrogens is 1. The van der Waals surface area contributed by atoms with E-state index >= 15 is 8.78 Å². The topological polar surface area (TPSA) is 115 Å². The normalized spacial score (nSPS) is 20.0. The number of likely N-dealkylation sites (tertiary alicyclic amines) is 1. The smallest absolute Gasteiger partial charge is 0.364 e. The van der Waals surface area contributed by atoms with Crippen LogP contribution in [0.15, 0.2) is 77.1 Å². The molecule has 1 unspecified atom stereocenters. The molecule has 1 amide bonds. The molecule has 1 aliphatic rings. The van der Waals surface area contributed by atoms with Crippen molar-refractivity contribution in [2.75, 3.05) is 11.9 Å². The van der Waals surface area contributed by atoms with Crippen molar-refractivity contribution >= 4 is 44.7 Å². The number of aromatic nitrogens is 2. The predicted molar refractivity (Wildman–Crippen MR) is 154 cm³/mol. The monoisotopic (exact) mass is 672 g/mol. The molecule has 1 fully saturated rings. The molecule has 2 atom stereocenters. The van der Waals surface area contributed by atoms with Crippen molar-refractivity contribution in [2.45, 2.75) is 41.9 Å². The highest BCUT2D eigenvalue weighted by atomic mass is 35.5. The molecule has 1 saturated heterocycles. The number of sulfonamides is 1. The fourth-order valence-corrected chi connectivity index (χ4v) is 9.05. The molecule has 232 valence electrons. The maximum atomic E-state index is 15.0. The quantitative estimate of drug-likeness (QED) is 0.164. The number of nitrogens with two attached hydrogens (primary N) is 1. The number of rotatable bonds is 9. The number of primary amides is 1. The number of benzene rings is 1. The number of anilines is 1. The van der Waals surface area contributed by atoms with E-state index in [2.05, 4.69) is 15.3 Å². The maximum Gasteiger partial charge on any atom is 0.416 e. The minimum atomic E-state index is -4.70. The van der Waals surface area contributed by atoms with Crippen LogP contribution in [-0.2, 0) is 34.1 Å². The molecule has 4 heterocycles. The second-order valence-corrected chi connectivity index (χ2v) is 14.4. The lowest BCUT2D eigenvalue weighted by molar-refractivity contribution is -0.827. The molecule has 3 aromatic heterocycles. The molecule has 0 spiro atoms. The summed E-state index contributed by atoms with van der Waals surface area (Å²) in [7, 11) is -4.70. The number of pyridine rings is 2. The number of nitrogens with zero attached hydrogens (tertiary/aromatic N) is 3. The molecule has 5 rings (SSSR count). The van der Waals surface area contributed by atoms with E-state index in [9.17, 15) is 26.4 Å². The number of carbonyl (C=O) groups is 1. The van der Waals surface area contributed by atoms with Crippen molar-refractivity contribution in [3.63, 3.8) is 0 Å². The summed E-state index contributed by atoms with van der Waals surface area (Å²) in [5, 5.41) is 3.04. The van der Waals surface area contributed by atoms with E-state index < -0.39 is 63.0 Å². The lowest BCUT2D eigenvalue weighted by Crippen LogP contribution is -2.59. The minimum Gasteiger partial charge on any atom is -0.364 e. The molecule has 0 aliphatic carbocycles. The molecule has 16 heteroatoms. The molecular weight excluding hydrogens is 649 g/mol. The van der Waals surface area contributed by atoms with E-state index in [4.69, 9.17) is 17.3 Å². The fourth-order valence-electron chi connectivity index (χ4n) is 5.21. The zero-order valence-corrected chi connectivity index (χ0v) is 25.0. The first-order chi connectivity index (χ1) is 20.6. The van der Waals surface area contributed by atoms with Crippen LogP contribution in [-0.4, -0.2) is 46.7 Å². The first-order valence-electron chi connectivity index (χ1n) is 13.0. The van der Waals surface area contributed by atoms with Crippen LogP contribution in [0.3, 0.4) is 0 Å². The maximum absolute atomic E-state index is 15.0. The number of alkyl halides is 5. The Balaban J connectivity index is 1.63. The highest BCUT2D eigenvalue weighted by molar-refractivity contribution is 7.88. The third-order valence-corrected chi connectivity index (χ3v) is 11.2. The molecule has 44 heavy (non-hydrogen) atoms. The van der Waals surface area contributed by atoms with Crippen LogP contribution >= 0.6 is 22.9 Å². The lowest BCUT2D eigenvalue weighted by atomic mass is 10.1. The summed E-state index contributed by atoms with van der Waals surface area (Å²) in [5.41, 5.74) is 5.81. The van der Waals surface area contributed by atoms with Gasteiger partial charge >= 0.3 is 22.1 Å². The number of hydrogen-bond donors (Lipinski definition) is 2. The van der Waals surface area contributed by atoms with E-state index in [0.717, 1.165) is 12.1 Å². The Morgan fingerprint density at radius 2 is 1.84 bits per heavy atom. The summed E-state index contributed by atoms with van der Waals surface area (Å²) in [6.07, 6.45) is -4.10. The summed E-state index contributed by atoms with van der Waals surface area (Å²) in [4.78, 5) is 21.3. The summed E-state index contributed by atoms with van der Waals surface area (Å²) in [5.74, 6) is -4.62. The second-order valence-electron chi connectivity index (χ2n) is 10.3. The van der Waals surface area contributed by atoms with Crippen molar-refractivity contribution in [3.8, 4) is 11.3 Å². The van der Waals surface area contributed by atoms with Gasteiger partial charge in [0.1, 0.15) is 12.4 Å². The van der Waals surface area contributed by atoms with Crippen molar-refractivity contribution in [3.05, 3.63) is 94.1 Å². The average Bonchev–Trinajstić information content (AvgIpc) is 3.53. The summed E-state index contributed by atoms with van der Waals surface area (Å²) in [6.45, 7) is -1.71. The van der Waals surface area contributed by atoms with Gasteiger partial charge in [0.15, 0.2) is 16.8 Å². The largest absolute Gasteiger partial charge is 0.416 e. The number of nitrogens with one attached hydrogen (secondary N) is 1. The highest BCUT2D eigenvalue weighted by Gasteiger charge is 2.65. The van der Waals surface area contributed by atoms with Gasteiger partial charge in [0.05, 0.1) is 34.3 Å². The number of carbonyl (C=O) groups excluding carboxylic acids is 1. The Morgan fingerprint density at radius 1 is 1.11 bits per heavy atom. The van der Waals surface area contributed by atoms with Crippen molar-refractivity contribution in [1.29, 1.82) is 0 Å². The first-order valence-corrected chi connectivity index (χ1v) is 15.6. The van der Waals surface area contributed by atoms with E-state index in [1.165, 1.54) is 36.4 Å². The van der Waals surface area contributed by atoms with Crippen molar-refractivity contribution in [2.24, 2.45) is 5.73 Å². The van der Waals surface area contributed by atoms with E-state index in [1.807, 2.05) is 0 Å². The van der Waals surface area contributed by atoms with E-state index in [0.29, 0.717) is 17.0 Å². The second kappa shape index (κ2) is 11.7. The van der Waals surface area contributed by atoms with Crippen LogP contribution < -0.4 is 11.1 Å². The molecule has 1 aliphatic heterocycles. The molecule has 0 saturated carbocycles. The van der Waals surface area contributed by atoms with Crippen LogP contribution in [0.2, 0.25) is 4.34 Å². The van der Waals surface area contributed by atoms with Crippen molar-refractivity contribution in [1.82, 2.24) is 9.97 Å². The van der Waals surface area contributed by atoms with Gasteiger partial charge in [-0.05, 0) is 48.5 Å². The van der Waals surface area contributed by atoms with Crippen LogP contribution in [0.25, 0.3) is 11.3 Å². The van der Waals surface area contributed by atoms with Gasteiger partial charge in [0.2, 0.25) is 0 Å². The molecule has 8 nitrogen and oxygen atoms in total. The zero-order chi connectivity index (χ0) is 31.9. The summed E-state index contributed by atoms with van der Waals surface area (Å²) in [6, 6.07) is 12.8. The zero-order valence-electron chi connectivity index (χ0n) is 22.6. The molecule has 0 bridgehead atoms. The molecule has 0 radical (unpaired) electrons. The van der Waals surface area contributed by atoms with Gasteiger partial charge in [-0.2, -0.15) is 25.5 Å². The van der Waals surface area contributed by atoms with Crippen LogP contribution in [0.5, 0.6) is 0 Å². The molecule has 4 aromatic rings. The molecule has 3 N–H and O–H groups in total. The Morgan fingerprint density at radius 3 is 2.43 bits per heavy atom. The number of hydrogen-bond acceptors (Lipinski definition) is 7. The number of thiophene rings is 1. The van der Waals surface area contributed by atoms with Gasteiger partial charge in [-0.1, -0.05) is 29.8 Å². The third kappa shape index (κ3) is 6.41. The van der Waals surface area contributed by atoms with Gasteiger partial charge in [0, 0.05) is 17.3 Å². The SMILES string of the molecule is NC(=O)[C@@H]1CC(F)(F)C[N+]1(Cc1cc(NCc2ccccn2)nc(-c2ccc(C(F)(F)F)cc2)c1)S(=O)(=O)c1ccc(Cl)s1. The lowest BCUT2D eigenvalue weighted by Gasteiger charge is -2.36. The van der Waals surface area contributed by atoms with Gasteiger partial charge in [0.25, 0.3) is 5.91 Å². The number of amides is 1. The van der Waals surface area contributed by atoms with Gasteiger partial charge in [-0.25, -0.2) is 13.8 Å². The average molecular weight is 673 g/mol. The molecule has 1 aromatic carbocycles. The Hall–Kier alpha value is -3.66. The van der Waals surface area contributed by atoms with Crippen molar-refractivity contribution < 1.29 is 39.1 Å².